The fourth-order valence-corrected chi connectivity index (χ4v) is 0.831. The molecule has 0 aromatic rings. The van der Waals surface area contributed by atoms with Crippen molar-refractivity contribution >= 4 is 0 Å². The van der Waals surface area contributed by atoms with Crippen LogP contribution in [0, 0.1) is 0 Å². The van der Waals surface area contributed by atoms with Crippen LogP contribution in [0.1, 0.15) is 25.7 Å². The Labute approximate surface area is 54.7 Å². The van der Waals surface area contributed by atoms with Gasteiger partial charge >= 0.3 is 0 Å². The Morgan fingerprint density at radius 2 is 1.89 bits per heavy atom. The maximum absolute atomic E-state index is 9.20. The Hall–Kier alpha value is -0.720. The van der Waals surface area contributed by atoms with Gasteiger partial charge in [-0.3, -0.25) is 0 Å². The summed E-state index contributed by atoms with van der Waals surface area (Å²) in [6.45, 7) is 0. The number of hydrogen-bond acceptors (Lipinski definition) is 1. The van der Waals surface area contributed by atoms with Gasteiger partial charge in [0.05, 0.1) is 0 Å². The minimum atomic E-state index is 0.558. The Morgan fingerprint density at radius 1 is 1.22 bits per heavy atom. The van der Waals surface area contributed by atoms with Gasteiger partial charge in [0.1, 0.15) is 5.76 Å². The van der Waals surface area contributed by atoms with Crippen LogP contribution in [0.2, 0.25) is 0 Å². The smallest absolute Gasteiger partial charge is 0.114 e. The first-order valence-electron chi connectivity index (χ1n) is 3.47. The van der Waals surface area contributed by atoms with E-state index in [2.05, 4.69) is 0 Å². The van der Waals surface area contributed by atoms with Gasteiger partial charge in [-0.1, -0.05) is 5.57 Å². The molecule has 0 amide bonds. The van der Waals surface area contributed by atoms with Crippen molar-refractivity contribution in [2.24, 2.45) is 0 Å². The third-order valence-corrected chi connectivity index (χ3v) is 1.74. The molecule has 0 heterocycles. The van der Waals surface area contributed by atoms with E-state index in [9.17, 15) is 5.11 Å². The van der Waals surface area contributed by atoms with Gasteiger partial charge in [-0.2, -0.15) is 0 Å². The van der Waals surface area contributed by atoms with Crippen LogP contribution in [0.15, 0.2) is 23.0 Å². The highest BCUT2D eigenvalue weighted by atomic mass is 16.3. The molecule has 1 heteroatoms. The predicted molar refractivity (Wildman–Crippen MR) is 36.2 cm³/mol. The molecule has 0 aromatic carbocycles. The molecule has 0 bridgehead atoms. The van der Waals surface area contributed by atoms with Gasteiger partial charge in [-0.25, -0.2) is 0 Å². The fourth-order valence-electron chi connectivity index (χ4n) is 0.831. The van der Waals surface area contributed by atoms with Gasteiger partial charge in [0, 0.05) is 0 Å². The van der Waals surface area contributed by atoms with Crippen molar-refractivity contribution in [2.75, 3.05) is 0 Å². The van der Waals surface area contributed by atoms with Crippen molar-refractivity contribution in [2.45, 2.75) is 25.7 Å². The van der Waals surface area contributed by atoms with Crippen LogP contribution in [0.25, 0.3) is 0 Å². The Kier molecular flexibility index (Phi) is 0.922. The van der Waals surface area contributed by atoms with Crippen molar-refractivity contribution in [3.05, 3.63) is 23.0 Å². The lowest BCUT2D eigenvalue weighted by molar-refractivity contribution is 0.429. The van der Waals surface area contributed by atoms with Gasteiger partial charge in [0.2, 0.25) is 0 Å². The average molecular weight is 122 g/mol. The van der Waals surface area contributed by atoms with Crippen molar-refractivity contribution in [1.29, 1.82) is 0 Å². The average Bonchev–Trinajstić information content (AvgIpc) is 2.62. The minimum absolute atomic E-state index is 0.558. The Morgan fingerprint density at radius 3 is 2.33 bits per heavy atom. The second kappa shape index (κ2) is 1.63. The van der Waals surface area contributed by atoms with Crippen molar-refractivity contribution in [1.82, 2.24) is 0 Å². The number of hydrogen-bond donors (Lipinski definition) is 1. The maximum Gasteiger partial charge on any atom is 0.114 e. The third-order valence-electron chi connectivity index (χ3n) is 1.74. The summed E-state index contributed by atoms with van der Waals surface area (Å²) < 4.78 is 0. The topological polar surface area (TPSA) is 20.2 Å². The zero-order chi connectivity index (χ0) is 6.27. The van der Waals surface area contributed by atoms with E-state index in [1.807, 2.05) is 6.08 Å². The van der Waals surface area contributed by atoms with Crippen LogP contribution in [0.4, 0.5) is 0 Å². The summed E-state index contributed by atoms with van der Waals surface area (Å²) in [5, 5.41) is 9.20. The molecule has 0 aliphatic heterocycles. The van der Waals surface area contributed by atoms with Crippen LogP contribution in [-0.4, -0.2) is 5.11 Å². The number of aliphatic hydroxyl groups is 1. The number of allylic oxidation sites excluding steroid dienone is 3. The van der Waals surface area contributed by atoms with Gasteiger partial charge in [0.15, 0.2) is 0 Å². The third kappa shape index (κ3) is 1.15. The summed E-state index contributed by atoms with van der Waals surface area (Å²) in [5.74, 6) is 0.558. The lowest BCUT2D eigenvalue weighted by Crippen LogP contribution is -1.70. The summed E-state index contributed by atoms with van der Waals surface area (Å²) in [6.07, 6.45) is 6.59. The largest absolute Gasteiger partial charge is 0.508 e. The summed E-state index contributed by atoms with van der Waals surface area (Å²) in [4.78, 5) is 0. The van der Waals surface area contributed by atoms with Gasteiger partial charge in [0.25, 0.3) is 0 Å². The van der Waals surface area contributed by atoms with Gasteiger partial charge in [-0.05, 0) is 37.3 Å². The van der Waals surface area contributed by atoms with Crippen molar-refractivity contribution < 1.29 is 5.11 Å². The highest BCUT2D eigenvalue weighted by Crippen LogP contribution is 2.34. The van der Waals surface area contributed by atoms with E-state index in [1.54, 1.807) is 0 Å². The van der Waals surface area contributed by atoms with E-state index >= 15 is 0 Å². The van der Waals surface area contributed by atoms with Crippen LogP contribution < -0.4 is 0 Å². The second-order valence-electron chi connectivity index (χ2n) is 2.79. The molecular formula is C8H10O. The predicted octanol–water partition coefficient (Wildman–Crippen LogP) is 2.31. The molecule has 2 fully saturated rings. The first-order chi connectivity index (χ1) is 4.36. The summed E-state index contributed by atoms with van der Waals surface area (Å²) in [6, 6.07) is 0. The Bertz CT molecular complexity index is 187. The first kappa shape index (κ1) is 5.10. The van der Waals surface area contributed by atoms with Gasteiger partial charge < -0.3 is 5.11 Å². The molecule has 0 atom stereocenters. The Balaban J connectivity index is 2.12. The van der Waals surface area contributed by atoms with Crippen molar-refractivity contribution in [3.8, 4) is 0 Å². The lowest BCUT2D eigenvalue weighted by atomic mass is 10.4. The molecular weight excluding hydrogens is 112 g/mol. The molecule has 0 unspecified atom stereocenters. The molecule has 0 radical (unpaired) electrons. The molecule has 0 spiro atoms. The van der Waals surface area contributed by atoms with E-state index in [4.69, 9.17) is 0 Å². The number of aliphatic hydroxyl groups excluding tert-OH is 1. The summed E-state index contributed by atoms with van der Waals surface area (Å²) >= 11 is 0. The standard InChI is InChI=1S/C8H10O/c9-8(7-3-4-7)5-6-1-2-6/h5,9H,1-4H2. The molecule has 2 saturated carbocycles. The minimum Gasteiger partial charge on any atom is -0.508 e. The van der Waals surface area contributed by atoms with Crippen LogP contribution in [0.3, 0.4) is 0 Å². The van der Waals surface area contributed by atoms with E-state index in [0.29, 0.717) is 5.76 Å². The molecule has 48 valence electrons. The first-order valence-corrected chi connectivity index (χ1v) is 3.47. The summed E-state index contributed by atoms with van der Waals surface area (Å²) in [5.41, 5.74) is 2.65. The van der Waals surface area contributed by atoms with E-state index in [1.165, 1.54) is 24.0 Å². The lowest BCUT2D eigenvalue weighted by Gasteiger charge is -1.84. The molecule has 2 aliphatic carbocycles. The van der Waals surface area contributed by atoms with Crippen LogP contribution in [-0.2, 0) is 0 Å². The summed E-state index contributed by atoms with van der Waals surface area (Å²) in [7, 11) is 0. The zero-order valence-electron chi connectivity index (χ0n) is 5.35. The fraction of sp³-hybridized carbons (Fsp3) is 0.500. The molecule has 0 saturated heterocycles. The highest BCUT2D eigenvalue weighted by Gasteiger charge is 2.18. The monoisotopic (exact) mass is 122 g/mol. The SMILES string of the molecule is OC(C=C1CC1)=C1CC1. The molecule has 9 heavy (non-hydrogen) atoms. The van der Waals surface area contributed by atoms with Gasteiger partial charge in [-0.15, -0.1) is 0 Å². The number of rotatable bonds is 1. The quantitative estimate of drug-likeness (QED) is 0.529. The molecule has 1 N–H and O–H groups in total. The molecule has 0 aromatic heterocycles. The van der Waals surface area contributed by atoms with Crippen LogP contribution >= 0.6 is 0 Å². The second-order valence-corrected chi connectivity index (χ2v) is 2.79. The highest BCUT2D eigenvalue weighted by molar-refractivity contribution is 5.33. The van der Waals surface area contributed by atoms with E-state index in [-0.39, 0.29) is 0 Å². The van der Waals surface area contributed by atoms with E-state index in [0.717, 1.165) is 12.8 Å². The normalized spacial score (nSPS) is 21.8. The van der Waals surface area contributed by atoms with Crippen LogP contribution in [0.5, 0.6) is 0 Å². The molecule has 2 aliphatic rings. The van der Waals surface area contributed by atoms with Crippen molar-refractivity contribution in [3.63, 3.8) is 0 Å². The molecule has 1 nitrogen and oxygen atoms in total. The van der Waals surface area contributed by atoms with E-state index < -0.39 is 0 Å². The molecule has 2 rings (SSSR count). The maximum atomic E-state index is 9.20. The zero-order valence-corrected chi connectivity index (χ0v) is 5.35.